The number of nitro benzene ring substituents is 1. The summed E-state index contributed by atoms with van der Waals surface area (Å²) in [4.78, 5) is 47.8. The molecule has 1 aliphatic rings. The van der Waals surface area contributed by atoms with Gasteiger partial charge in [-0.2, -0.15) is 0 Å². The molecule has 0 unspecified atom stereocenters. The molecule has 1 aliphatic heterocycles. The molecule has 1 aromatic heterocycles. The van der Waals surface area contributed by atoms with Crippen LogP contribution in [0, 0.1) is 37.8 Å². The zero-order chi connectivity index (χ0) is 34.3. The highest BCUT2D eigenvalue weighted by Crippen LogP contribution is 2.40. The first-order valence-electron chi connectivity index (χ1n) is 15.0. The topological polar surface area (TPSA) is 106 Å². The summed E-state index contributed by atoms with van der Waals surface area (Å²) in [6, 6.07) is 21.5. The van der Waals surface area contributed by atoms with Crippen molar-refractivity contribution in [1.29, 1.82) is 0 Å². The number of rotatable bonds is 8. The molecule has 2 amide bonds. The predicted molar refractivity (Wildman–Crippen MR) is 195 cm³/mol. The Morgan fingerprint density at radius 1 is 0.875 bits per heavy atom. The summed E-state index contributed by atoms with van der Waals surface area (Å²) in [6.45, 7) is 10.1. The van der Waals surface area contributed by atoms with E-state index in [-0.39, 0.29) is 16.4 Å². The number of thiazole rings is 1. The van der Waals surface area contributed by atoms with Gasteiger partial charge in [-0.15, -0.1) is 11.3 Å². The largest absolute Gasteiger partial charge is 0.494 e. The second-order valence-electron chi connectivity index (χ2n) is 11.4. The molecule has 4 aromatic carbocycles. The van der Waals surface area contributed by atoms with E-state index in [9.17, 15) is 19.7 Å². The molecule has 0 bridgehead atoms. The third-order valence-electron chi connectivity index (χ3n) is 7.52. The Morgan fingerprint density at radius 3 is 2.00 bits per heavy atom. The van der Waals surface area contributed by atoms with E-state index in [1.54, 1.807) is 12.1 Å². The Morgan fingerprint density at radius 2 is 1.46 bits per heavy atom. The SMILES string of the molecule is CCOc1ccc2nc(Sc3ccc(C=C4C(=O)N(c5cc(C)cc(C)c5)C(=S)N(c5cc(C)cc(C)c5)C4=O)cc3[N+](=O)[O-])sc2c1. The van der Waals surface area contributed by atoms with E-state index in [1.165, 1.54) is 45.0 Å². The number of ether oxygens (including phenoxy) is 1. The van der Waals surface area contributed by atoms with E-state index < -0.39 is 16.7 Å². The van der Waals surface area contributed by atoms with E-state index in [0.29, 0.717) is 32.8 Å². The van der Waals surface area contributed by atoms with Crippen LogP contribution in [-0.2, 0) is 9.59 Å². The van der Waals surface area contributed by atoms with Crippen molar-refractivity contribution in [3.63, 3.8) is 0 Å². The van der Waals surface area contributed by atoms with Crippen molar-refractivity contribution in [3.8, 4) is 5.75 Å². The minimum absolute atomic E-state index is 0.0269. The van der Waals surface area contributed by atoms with Crippen LogP contribution in [0.4, 0.5) is 17.1 Å². The lowest BCUT2D eigenvalue weighted by Gasteiger charge is -2.37. The van der Waals surface area contributed by atoms with Crippen molar-refractivity contribution < 1.29 is 19.2 Å². The number of hydrogen-bond acceptors (Lipinski definition) is 9. The fourth-order valence-corrected chi connectivity index (χ4v) is 8.16. The third-order valence-corrected chi connectivity index (χ3v) is 10.0. The fourth-order valence-electron chi connectivity index (χ4n) is 5.64. The van der Waals surface area contributed by atoms with Crippen LogP contribution in [0.1, 0.15) is 34.7 Å². The lowest BCUT2D eigenvalue weighted by molar-refractivity contribution is -0.387. The molecule has 0 spiro atoms. The Bertz CT molecular complexity index is 2080. The molecule has 1 saturated heterocycles. The molecule has 0 atom stereocenters. The third kappa shape index (κ3) is 6.59. The van der Waals surface area contributed by atoms with Crippen LogP contribution >= 0.6 is 35.3 Å². The quantitative estimate of drug-likeness (QED) is 0.0522. The molecule has 0 N–H and O–H groups in total. The maximum atomic E-state index is 14.1. The number of nitrogens with zero attached hydrogens (tertiary/aromatic N) is 4. The van der Waals surface area contributed by atoms with Crippen LogP contribution in [0.2, 0.25) is 0 Å². The molecular formula is C36H30N4O5S3. The van der Waals surface area contributed by atoms with Gasteiger partial charge in [-0.1, -0.05) is 30.0 Å². The summed E-state index contributed by atoms with van der Waals surface area (Å²) in [5, 5.41) is 12.3. The second kappa shape index (κ2) is 13.3. The summed E-state index contributed by atoms with van der Waals surface area (Å²) >= 11 is 8.41. The van der Waals surface area contributed by atoms with Crippen LogP contribution in [0.15, 0.2) is 87.6 Å². The van der Waals surface area contributed by atoms with Gasteiger partial charge in [0.1, 0.15) is 11.3 Å². The average molecular weight is 695 g/mol. The molecule has 9 nitrogen and oxygen atoms in total. The molecule has 2 heterocycles. The van der Waals surface area contributed by atoms with Gasteiger partial charge in [0.25, 0.3) is 17.5 Å². The van der Waals surface area contributed by atoms with Gasteiger partial charge in [-0.3, -0.25) is 29.5 Å². The van der Waals surface area contributed by atoms with Gasteiger partial charge in [0.15, 0.2) is 9.45 Å². The standard InChI is InChI=1S/C36H30N4O5S3/c1-6-45-27-8-9-29-32(19-27)48-35(37-29)47-31-10-7-24(18-30(31)40(43)44)17-28-33(41)38(25-13-20(2)11-21(3)14-25)36(46)39(34(28)42)26-15-22(4)12-23(5)16-26/h7-19H,6H2,1-5H3. The molecule has 242 valence electrons. The monoisotopic (exact) mass is 694 g/mol. The van der Waals surface area contributed by atoms with Crippen molar-refractivity contribution in [2.24, 2.45) is 0 Å². The van der Waals surface area contributed by atoms with E-state index >= 15 is 0 Å². The maximum Gasteiger partial charge on any atom is 0.283 e. The van der Waals surface area contributed by atoms with Crippen molar-refractivity contribution >= 4 is 85.6 Å². The van der Waals surface area contributed by atoms with Gasteiger partial charge in [-0.25, -0.2) is 4.98 Å². The predicted octanol–water partition coefficient (Wildman–Crippen LogP) is 8.74. The number of hydrogen-bond donors (Lipinski definition) is 0. The van der Waals surface area contributed by atoms with Crippen molar-refractivity contribution in [2.75, 3.05) is 16.4 Å². The lowest BCUT2D eigenvalue weighted by Crippen LogP contribution is -2.57. The number of carbonyl (C=O) groups excluding carboxylic acids is 2. The van der Waals surface area contributed by atoms with E-state index in [1.807, 2.05) is 89.2 Å². The summed E-state index contributed by atoms with van der Waals surface area (Å²) in [6.07, 6.45) is 1.39. The first kappa shape index (κ1) is 33.0. The first-order chi connectivity index (χ1) is 22.9. The van der Waals surface area contributed by atoms with Crippen LogP contribution in [-0.4, -0.2) is 33.4 Å². The number of benzene rings is 4. The Labute approximate surface area is 291 Å². The Kier molecular flexibility index (Phi) is 9.15. The maximum absolute atomic E-state index is 14.1. The van der Waals surface area contributed by atoms with Gasteiger partial charge in [-0.05, 0) is 129 Å². The number of fused-ring (bicyclic) bond motifs is 1. The number of amides is 2. The number of thiocarbonyl (C=S) groups is 1. The summed E-state index contributed by atoms with van der Waals surface area (Å²) < 4.78 is 7.12. The molecule has 0 saturated carbocycles. The Balaban J connectivity index is 1.41. The smallest absolute Gasteiger partial charge is 0.283 e. The van der Waals surface area contributed by atoms with Gasteiger partial charge < -0.3 is 4.74 Å². The lowest BCUT2D eigenvalue weighted by atomic mass is 10.0. The molecular weight excluding hydrogens is 665 g/mol. The molecule has 48 heavy (non-hydrogen) atoms. The molecule has 1 fully saturated rings. The van der Waals surface area contributed by atoms with Gasteiger partial charge in [0.05, 0.1) is 38.0 Å². The van der Waals surface area contributed by atoms with Crippen LogP contribution in [0.3, 0.4) is 0 Å². The van der Waals surface area contributed by atoms with Gasteiger partial charge in [0, 0.05) is 6.07 Å². The first-order valence-corrected chi connectivity index (χ1v) is 17.1. The van der Waals surface area contributed by atoms with Crippen LogP contribution in [0.5, 0.6) is 5.75 Å². The molecule has 5 aromatic rings. The molecule has 0 radical (unpaired) electrons. The Hall–Kier alpha value is -4.91. The zero-order valence-electron chi connectivity index (χ0n) is 26.8. The van der Waals surface area contributed by atoms with Crippen molar-refractivity contribution in [3.05, 3.63) is 116 Å². The summed E-state index contributed by atoms with van der Waals surface area (Å²) in [7, 11) is 0. The highest BCUT2D eigenvalue weighted by molar-refractivity contribution is 8.01. The summed E-state index contributed by atoms with van der Waals surface area (Å²) in [5.74, 6) is -0.497. The molecule has 0 aliphatic carbocycles. The number of aromatic nitrogens is 1. The minimum atomic E-state index is -0.613. The summed E-state index contributed by atoms with van der Waals surface area (Å²) in [5.41, 5.74) is 5.49. The normalized spacial score (nSPS) is 13.4. The van der Waals surface area contributed by atoms with Crippen LogP contribution in [0.25, 0.3) is 16.3 Å². The van der Waals surface area contributed by atoms with E-state index in [0.717, 1.165) is 38.2 Å². The molecule has 6 rings (SSSR count). The molecule has 12 heteroatoms. The fraction of sp³-hybridized carbons (Fsp3) is 0.167. The average Bonchev–Trinajstić information content (AvgIpc) is 3.40. The number of aryl methyl sites for hydroxylation is 4. The number of nitro groups is 1. The zero-order valence-corrected chi connectivity index (χ0v) is 29.2. The number of carbonyl (C=O) groups is 2. The van der Waals surface area contributed by atoms with Gasteiger partial charge >= 0.3 is 0 Å². The minimum Gasteiger partial charge on any atom is -0.494 e. The van der Waals surface area contributed by atoms with Crippen LogP contribution < -0.4 is 14.5 Å². The number of anilines is 2. The van der Waals surface area contributed by atoms with Crippen molar-refractivity contribution in [2.45, 2.75) is 43.9 Å². The van der Waals surface area contributed by atoms with Gasteiger partial charge in [0.2, 0.25) is 0 Å². The van der Waals surface area contributed by atoms with E-state index in [2.05, 4.69) is 4.98 Å². The second-order valence-corrected chi connectivity index (χ2v) is 14.1. The highest BCUT2D eigenvalue weighted by Gasteiger charge is 2.41. The highest BCUT2D eigenvalue weighted by atomic mass is 32.2. The van der Waals surface area contributed by atoms with Crippen molar-refractivity contribution in [1.82, 2.24) is 4.98 Å². The van der Waals surface area contributed by atoms with E-state index in [4.69, 9.17) is 17.0 Å².